The number of hydrogen-bond acceptors (Lipinski definition) is 3. The van der Waals surface area contributed by atoms with E-state index in [-0.39, 0.29) is 5.91 Å². The van der Waals surface area contributed by atoms with Crippen molar-refractivity contribution in [2.75, 3.05) is 39.3 Å². The maximum atomic E-state index is 12.2. The first kappa shape index (κ1) is 16.2. The predicted molar refractivity (Wildman–Crippen MR) is 87.2 cm³/mol. The van der Waals surface area contributed by atoms with Crippen molar-refractivity contribution in [1.29, 1.82) is 0 Å². The Bertz CT molecular complexity index is 379. The molecule has 1 N–H and O–H groups in total. The third kappa shape index (κ3) is 4.68. The predicted octanol–water partition coefficient (Wildman–Crippen LogP) is 1.80. The van der Waals surface area contributed by atoms with Crippen LogP contribution in [0.25, 0.3) is 0 Å². The minimum atomic E-state index is 0.240. The molecule has 1 aliphatic carbocycles. The van der Waals surface area contributed by atoms with E-state index in [1.54, 1.807) is 0 Å². The molecule has 118 valence electrons. The smallest absolute Gasteiger partial charge is 0.236 e. The molecule has 1 saturated heterocycles. The highest BCUT2D eigenvalue weighted by Crippen LogP contribution is 2.25. The van der Waals surface area contributed by atoms with Crippen LogP contribution in [-0.4, -0.2) is 61.0 Å². The summed E-state index contributed by atoms with van der Waals surface area (Å²) in [5.41, 5.74) is 1.23. The third-order valence-electron chi connectivity index (χ3n) is 4.76. The van der Waals surface area contributed by atoms with Crippen LogP contribution in [0.15, 0.2) is 24.3 Å². The van der Waals surface area contributed by atoms with Gasteiger partial charge in [0.25, 0.3) is 0 Å². The monoisotopic (exact) mass is 291 g/mol. The molecule has 4 nitrogen and oxygen atoms in total. The molecule has 0 aromatic carbocycles. The summed E-state index contributed by atoms with van der Waals surface area (Å²) < 4.78 is 0. The van der Waals surface area contributed by atoms with Crippen molar-refractivity contribution in [2.45, 2.75) is 38.6 Å². The van der Waals surface area contributed by atoms with Gasteiger partial charge < -0.3 is 10.2 Å². The van der Waals surface area contributed by atoms with Gasteiger partial charge in [-0.25, -0.2) is 0 Å². The van der Waals surface area contributed by atoms with Crippen molar-refractivity contribution >= 4 is 5.91 Å². The second-order valence-electron chi connectivity index (χ2n) is 6.00. The molecular formula is C17H29N3O. The van der Waals surface area contributed by atoms with E-state index in [1.165, 1.54) is 24.8 Å². The van der Waals surface area contributed by atoms with Crippen molar-refractivity contribution in [1.82, 2.24) is 15.1 Å². The molecule has 1 amide bonds. The highest BCUT2D eigenvalue weighted by atomic mass is 16.2. The number of carbonyl (C=O) groups excluding carboxylic acids is 1. The van der Waals surface area contributed by atoms with Gasteiger partial charge in [0.1, 0.15) is 0 Å². The van der Waals surface area contributed by atoms with E-state index < -0.39 is 0 Å². The Balaban J connectivity index is 1.60. The SMILES string of the molecule is C=C/C(=C/C)CCNCC(=O)N1CCN(C2CCC2)CC1. The summed E-state index contributed by atoms with van der Waals surface area (Å²) in [6, 6.07) is 0.804. The van der Waals surface area contributed by atoms with Gasteiger partial charge in [0.2, 0.25) is 5.91 Å². The first-order valence-electron chi connectivity index (χ1n) is 8.24. The fraction of sp³-hybridized carbons (Fsp3) is 0.706. The van der Waals surface area contributed by atoms with E-state index in [9.17, 15) is 4.79 Å². The van der Waals surface area contributed by atoms with Crippen LogP contribution < -0.4 is 5.32 Å². The molecule has 0 atom stereocenters. The van der Waals surface area contributed by atoms with Crippen LogP contribution in [0.5, 0.6) is 0 Å². The molecule has 0 aromatic heterocycles. The summed E-state index contributed by atoms with van der Waals surface area (Å²) in [4.78, 5) is 16.7. The lowest BCUT2D eigenvalue weighted by Crippen LogP contribution is -2.54. The van der Waals surface area contributed by atoms with E-state index in [1.807, 2.05) is 17.9 Å². The summed E-state index contributed by atoms with van der Waals surface area (Å²) in [6.07, 6.45) is 8.97. The topological polar surface area (TPSA) is 35.6 Å². The Labute approximate surface area is 128 Å². The van der Waals surface area contributed by atoms with Gasteiger partial charge in [-0.1, -0.05) is 30.7 Å². The number of rotatable bonds is 7. The van der Waals surface area contributed by atoms with Gasteiger partial charge in [0.05, 0.1) is 6.54 Å². The molecule has 1 aliphatic heterocycles. The molecule has 4 heteroatoms. The van der Waals surface area contributed by atoms with Crippen molar-refractivity contribution in [3.05, 3.63) is 24.3 Å². The molecule has 2 rings (SSSR count). The zero-order chi connectivity index (χ0) is 15.1. The van der Waals surface area contributed by atoms with Gasteiger partial charge >= 0.3 is 0 Å². The number of carbonyl (C=O) groups is 1. The average molecular weight is 291 g/mol. The highest BCUT2D eigenvalue weighted by molar-refractivity contribution is 5.78. The van der Waals surface area contributed by atoms with E-state index >= 15 is 0 Å². The largest absolute Gasteiger partial charge is 0.339 e. The van der Waals surface area contributed by atoms with Gasteiger partial charge in [-0.2, -0.15) is 0 Å². The summed E-state index contributed by atoms with van der Waals surface area (Å²) >= 11 is 0. The van der Waals surface area contributed by atoms with Crippen LogP contribution >= 0.6 is 0 Å². The molecule has 0 unspecified atom stereocenters. The lowest BCUT2D eigenvalue weighted by Gasteiger charge is -2.43. The van der Waals surface area contributed by atoms with Crippen LogP contribution in [0.3, 0.4) is 0 Å². The van der Waals surface area contributed by atoms with Crippen LogP contribution in [-0.2, 0) is 4.79 Å². The van der Waals surface area contributed by atoms with Crippen molar-refractivity contribution < 1.29 is 4.79 Å². The fourth-order valence-electron chi connectivity index (χ4n) is 2.99. The van der Waals surface area contributed by atoms with Gasteiger partial charge in [-0.15, -0.1) is 0 Å². The van der Waals surface area contributed by atoms with Gasteiger partial charge in [0, 0.05) is 32.2 Å². The minimum Gasteiger partial charge on any atom is -0.339 e. The number of hydrogen-bond donors (Lipinski definition) is 1. The van der Waals surface area contributed by atoms with Crippen molar-refractivity contribution in [3.8, 4) is 0 Å². The van der Waals surface area contributed by atoms with Crippen LogP contribution in [0, 0.1) is 0 Å². The lowest BCUT2D eigenvalue weighted by atomic mass is 9.91. The van der Waals surface area contributed by atoms with Gasteiger partial charge in [-0.3, -0.25) is 9.69 Å². The molecule has 2 fully saturated rings. The number of piperazine rings is 1. The summed E-state index contributed by atoms with van der Waals surface area (Å²) in [7, 11) is 0. The van der Waals surface area contributed by atoms with Crippen molar-refractivity contribution in [3.63, 3.8) is 0 Å². The Kier molecular flexibility index (Phi) is 6.46. The molecule has 21 heavy (non-hydrogen) atoms. The van der Waals surface area contributed by atoms with E-state index in [0.717, 1.165) is 45.2 Å². The molecular weight excluding hydrogens is 262 g/mol. The zero-order valence-corrected chi connectivity index (χ0v) is 13.3. The highest BCUT2D eigenvalue weighted by Gasteiger charge is 2.28. The second-order valence-corrected chi connectivity index (χ2v) is 6.00. The van der Waals surface area contributed by atoms with E-state index in [0.29, 0.717) is 6.54 Å². The minimum absolute atomic E-state index is 0.240. The molecule has 0 aromatic rings. The first-order valence-corrected chi connectivity index (χ1v) is 8.24. The van der Waals surface area contributed by atoms with Gasteiger partial charge in [-0.05, 0) is 32.7 Å². The Morgan fingerprint density at radius 3 is 2.52 bits per heavy atom. The average Bonchev–Trinajstić information content (AvgIpc) is 2.46. The molecule has 2 aliphatic rings. The maximum Gasteiger partial charge on any atom is 0.236 e. The number of amides is 1. The third-order valence-corrected chi connectivity index (χ3v) is 4.76. The van der Waals surface area contributed by atoms with Crippen LogP contribution in [0.4, 0.5) is 0 Å². The lowest BCUT2D eigenvalue weighted by molar-refractivity contribution is -0.132. The Morgan fingerprint density at radius 1 is 1.29 bits per heavy atom. The second kappa shape index (κ2) is 8.35. The number of allylic oxidation sites excluding steroid dienone is 2. The summed E-state index contributed by atoms with van der Waals surface area (Å²) in [5.74, 6) is 0.240. The fourth-order valence-corrected chi connectivity index (χ4v) is 2.99. The Morgan fingerprint density at radius 2 is 2.00 bits per heavy atom. The van der Waals surface area contributed by atoms with Crippen LogP contribution in [0.1, 0.15) is 32.6 Å². The quantitative estimate of drug-likeness (QED) is 0.574. The van der Waals surface area contributed by atoms with Crippen molar-refractivity contribution in [2.24, 2.45) is 0 Å². The molecule has 0 bridgehead atoms. The van der Waals surface area contributed by atoms with E-state index in [4.69, 9.17) is 0 Å². The normalized spacial score (nSPS) is 21.2. The number of nitrogens with zero attached hydrogens (tertiary/aromatic N) is 2. The summed E-state index contributed by atoms with van der Waals surface area (Å²) in [5, 5.41) is 3.24. The van der Waals surface area contributed by atoms with Gasteiger partial charge in [0.15, 0.2) is 0 Å². The zero-order valence-electron chi connectivity index (χ0n) is 13.3. The molecule has 1 heterocycles. The summed E-state index contributed by atoms with van der Waals surface area (Å²) in [6.45, 7) is 11.0. The Hall–Kier alpha value is -1.13. The van der Waals surface area contributed by atoms with E-state index in [2.05, 4.69) is 22.9 Å². The van der Waals surface area contributed by atoms with Crippen LogP contribution in [0.2, 0.25) is 0 Å². The maximum absolute atomic E-state index is 12.2. The molecule has 0 spiro atoms. The molecule has 0 radical (unpaired) electrons. The standard InChI is InChI=1S/C17H29N3O/c1-3-15(4-2)8-9-18-14-17(21)20-12-10-19(11-13-20)16-6-5-7-16/h3-4,16,18H,1,5-14H2,2H3/b15-4-. The number of nitrogens with one attached hydrogen (secondary N) is 1. The molecule has 1 saturated carbocycles. The first-order chi connectivity index (χ1) is 10.2.